The number of carbonyl (C=O) groups is 1. The third kappa shape index (κ3) is 4.30. The highest BCUT2D eigenvalue weighted by atomic mass is 16.5. The second-order valence-corrected chi connectivity index (χ2v) is 6.44. The van der Waals surface area contributed by atoms with Gasteiger partial charge in [-0.2, -0.15) is 10.2 Å². The molecular weight excluding hydrogens is 362 g/mol. The topological polar surface area (TPSA) is 63.0 Å². The largest absolute Gasteiger partial charge is 0.496 e. The minimum atomic E-state index is -0.230. The maximum atomic E-state index is 12.8. The number of anilines is 1. The van der Waals surface area contributed by atoms with Gasteiger partial charge in [-0.05, 0) is 59.3 Å². The Morgan fingerprint density at radius 1 is 0.759 bits per heavy atom. The molecule has 0 atom stereocenters. The Hall–Kier alpha value is -3.99. The van der Waals surface area contributed by atoms with Crippen molar-refractivity contribution in [3.63, 3.8) is 0 Å². The Labute approximate surface area is 168 Å². The van der Waals surface area contributed by atoms with E-state index in [2.05, 4.69) is 15.5 Å². The Balaban J connectivity index is 1.51. The van der Waals surface area contributed by atoms with Gasteiger partial charge in [0, 0.05) is 5.69 Å². The molecule has 0 aliphatic heterocycles. The highest BCUT2D eigenvalue weighted by molar-refractivity contribution is 6.08. The van der Waals surface area contributed by atoms with Crippen molar-refractivity contribution < 1.29 is 9.53 Å². The molecule has 29 heavy (non-hydrogen) atoms. The van der Waals surface area contributed by atoms with Crippen molar-refractivity contribution in [3.8, 4) is 5.75 Å². The number of benzene rings is 4. The van der Waals surface area contributed by atoms with E-state index >= 15 is 0 Å². The van der Waals surface area contributed by atoms with Crippen LogP contribution in [0.4, 0.5) is 17.1 Å². The molecule has 0 bridgehead atoms. The molecule has 0 saturated carbocycles. The van der Waals surface area contributed by atoms with Crippen molar-refractivity contribution in [1.29, 1.82) is 0 Å². The van der Waals surface area contributed by atoms with Crippen molar-refractivity contribution in [2.45, 2.75) is 0 Å². The number of amides is 1. The first kappa shape index (κ1) is 18.4. The van der Waals surface area contributed by atoms with Gasteiger partial charge in [-0.1, -0.05) is 42.5 Å². The first-order chi connectivity index (χ1) is 14.2. The molecule has 4 rings (SSSR count). The van der Waals surface area contributed by atoms with Crippen molar-refractivity contribution in [2.75, 3.05) is 12.4 Å². The van der Waals surface area contributed by atoms with Crippen LogP contribution in [0.2, 0.25) is 0 Å². The van der Waals surface area contributed by atoms with Gasteiger partial charge in [-0.3, -0.25) is 4.79 Å². The molecule has 0 heterocycles. The second-order valence-electron chi connectivity index (χ2n) is 6.44. The summed E-state index contributed by atoms with van der Waals surface area (Å²) >= 11 is 0. The van der Waals surface area contributed by atoms with E-state index < -0.39 is 0 Å². The summed E-state index contributed by atoms with van der Waals surface area (Å²) in [7, 11) is 1.56. The molecule has 0 fully saturated rings. The molecule has 0 aliphatic carbocycles. The number of fused-ring (bicyclic) bond motifs is 1. The molecule has 4 aromatic carbocycles. The van der Waals surface area contributed by atoms with Crippen LogP contribution in [-0.2, 0) is 0 Å². The highest BCUT2D eigenvalue weighted by Crippen LogP contribution is 2.27. The fourth-order valence-corrected chi connectivity index (χ4v) is 2.99. The molecule has 0 radical (unpaired) electrons. The van der Waals surface area contributed by atoms with Crippen molar-refractivity contribution in [3.05, 3.63) is 96.6 Å². The molecule has 0 aliphatic rings. The van der Waals surface area contributed by atoms with Gasteiger partial charge in [0.1, 0.15) is 5.75 Å². The minimum Gasteiger partial charge on any atom is -0.496 e. The van der Waals surface area contributed by atoms with Crippen molar-refractivity contribution in [1.82, 2.24) is 0 Å². The number of hydrogen-bond donors (Lipinski definition) is 1. The fourth-order valence-electron chi connectivity index (χ4n) is 2.99. The Morgan fingerprint density at radius 3 is 2.00 bits per heavy atom. The summed E-state index contributed by atoms with van der Waals surface area (Å²) in [6.45, 7) is 0. The van der Waals surface area contributed by atoms with Gasteiger partial charge in [-0.15, -0.1) is 0 Å². The summed E-state index contributed by atoms with van der Waals surface area (Å²) in [4.78, 5) is 12.8. The van der Waals surface area contributed by atoms with E-state index in [0.29, 0.717) is 22.7 Å². The van der Waals surface area contributed by atoms with E-state index in [4.69, 9.17) is 4.74 Å². The van der Waals surface area contributed by atoms with Gasteiger partial charge in [0.15, 0.2) is 0 Å². The van der Waals surface area contributed by atoms with E-state index in [1.54, 1.807) is 31.4 Å². The van der Waals surface area contributed by atoms with E-state index in [1.165, 1.54) is 0 Å². The summed E-state index contributed by atoms with van der Waals surface area (Å²) < 4.78 is 5.42. The van der Waals surface area contributed by atoms with E-state index in [1.807, 2.05) is 66.7 Å². The summed E-state index contributed by atoms with van der Waals surface area (Å²) in [6, 6.07) is 28.3. The van der Waals surface area contributed by atoms with Gasteiger partial charge >= 0.3 is 0 Å². The molecule has 0 saturated heterocycles. The lowest BCUT2D eigenvalue weighted by atomic mass is 10.1. The number of nitrogens with one attached hydrogen (secondary N) is 1. The zero-order chi connectivity index (χ0) is 20.1. The lowest BCUT2D eigenvalue weighted by molar-refractivity contribution is 0.102. The number of methoxy groups -OCH3 is 1. The Bertz CT molecular complexity index is 1170. The number of rotatable bonds is 5. The summed E-state index contributed by atoms with van der Waals surface area (Å²) in [5, 5.41) is 13.3. The molecular formula is C24H19N3O2. The molecule has 1 amide bonds. The highest BCUT2D eigenvalue weighted by Gasteiger charge is 2.14. The first-order valence-electron chi connectivity index (χ1n) is 9.18. The molecule has 0 spiro atoms. The van der Waals surface area contributed by atoms with Crippen LogP contribution in [0.5, 0.6) is 5.75 Å². The van der Waals surface area contributed by atoms with Crippen LogP contribution in [0.3, 0.4) is 0 Å². The number of hydrogen-bond acceptors (Lipinski definition) is 4. The van der Waals surface area contributed by atoms with Crippen molar-refractivity contribution >= 4 is 33.7 Å². The normalized spacial score (nSPS) is 10.9. The van der Waals surface area contributed by atoms with Gasteiger partial charge in [0.25, 0.3) is 5.91 Å². The predicted octanol–water partition coefficient (Wildman–Crippen LogP) is 6.52. The molecule has 5 heteroatoms. The molecule has 5 nitrogen and oxygen atoms in total. The number of carbonyl (C=O) groups excluding carboxylic acids is 1. The zero-order valence-corrected chi connectivity index (χ0v) is 15.9. The van der Waals surface area contributed by atoms with Crippen molar-refractivity contribution in [2.24, 2.45) is 10.2 Å². The summed E-state index contributed by atoms with van der Waals surface area (Å²) in [5.74, 6) is 0.306. The molecule has 1 N–H and O–H groups in total. The van der Waals surface area contributed by atoms with Crippen LogP contribution in [0.1, 0.15) is 10.4 Å². The maximum Gasteiger partial charge on any atom is 0.259 e. The van der Waals surface area contributed by atoms with Crippen LogP contribution < -0.4 is 10.1 Å². The van der Waals surface area contributed by atoms with E-state index in [9.17, 15) is 4.79 Å². The third-order valence-corrected chi connectivity index (χ3v) is 4.47. The monoisotopic (exact) mass is 381 g/mol. The number of nitrogens with zero attached hydrogens (tertiary/aromatic N) is 2. The summed E-state index contributed by atoms with van der Waals surface area (Å²) in [5.41, 5.74) is 2.64. The van der Waals surface area contributed by atoms with Crippen LogP contribution in [-0.4, -0.2) is 13.0 Å². The molecule has 142 valence electrons. The molecule has 0 aromatic heterocycles. The average molecular weight is 381 g/mol. The van der Waals surface area contributed by atoms with Gasteiger partial charge in [0.05, 0.1) is 24.0 Å². The predicted molar refractivity (Wildman–Crippen MR) is 116 cm³/mol. The van der Waals surface area contributed by atoms with Gasteiger partial charge in [-0.25, -0.2) is 0 Å². The Kier molecular flexibility index (Phi) is 5.29. The van der Waals surface area contributed by atoms with E-state index in [-0.39, 0.29) is 5.91 Å². The first-order valence-corrected chi connectivity index (χ1v) is 9.18. The third-order valence-electron chi connectivity index (χ3n) is 4.47. The lowest BCUT2D eigenvalue weighted by Crippen LogP contribution is -2.13. The summed E-state index contributed by atoms with van der Waals surface area (Å²) in [6.07, 6.45) is 0. The van der Waals surface area contributed by atoms with Crippen LogP contribution in [0.25, 0.3) is 10.8 Å². The molecule has 4 aromatic rings. The fraction of sp³-hybridized carbons (Fsp3) is 0.0417. The van der Waals surface area contributed by atoms with Crippen LogP contribution in [0.15, 0.2) is 101 Å². The smallest absolute Gasteiger partial charge is 0.259 e. The van der Waals surface area contributed by atoms with Gasteiger partial charge < -0.3 is 10.1 Å². The van der Waals surface area contributed by atoms with E-state index in [0.717, 1.165) is 16.5 Å². The lowest BCUT2D eigenvalue weighted by Gasteiger charge is -2.11. The molecule has 0 unspecified atom stereocenters. The average Bonchev–Trinajstić information content (AvgIpc) is 2.78. The van der Waals surface area contributed by atoms with Crippen LogP contribution in [0, 0.1) is 0 Å². The zero-order valence-electron chi connectivity index (χ0n) is 15.9. The quantitative estimate of drug-likeness (QED) is 0.400. The van der Waals surface area contributed by atoms with Crippen LogP contribution >= 0.6 is 0 Å². The van der Waals surface area contributed by atoms with Gasteiger partial charge in [0.2, 0.25) is 0 Å². The standard InChI is InChI=1S/C24H19N3O2/c1-29-23-16-18-8-6-5-7-17(18)15-22(23)24(28)25-19-11-13-21(14-12-19)27-26-20-9-3-2-4-10-20/h2-16H,1H3,(H,25,28). The number of azo groups is 1. The SMILES string of the molecule is COc1cc2ccccc2cc1C(=O)Nc1ccc(N=Nc2ccccc2)cc1. The maximum absolute atomic E-state index is 12.8. The minimum absolute atomic E-state index is 0.230. The number of ether oxygens (including phenoxy) is 1. The Morgan fingerprint density at radius 2 is 1.34 bits per heavy atom. The second kappa shape index (κ2) is 8.35.